The molecule has 1 aromatic rings. The number of benzene rings is 1. The molecule has 0 aliphatic heterocycles. The fourth-order valence-electron chi connectivity index (χ4n) is 1.77. The number of alkyl halides is 1. The second-order valence-electron chi connectivity index (χ2n) is 4.66. The van der Waals surface area contributed by atoms with Gasteiger partial charge < -0.3 is 9.29 Å². The number of allylic oxidation sites excluding steroid dienone is 1. The molecule has 0 N–H and O–H groups in total. The predicted molar refractivity (Wildman–Crippen MR) is 77.9 cm³/mol. The van der Waals surface area contributed by atoms with E-state index in [0.29, 0.717) is 12.2 Å². The van der Waals surface area contributed by atoms with Gasteiger partial charge in [0.05, 0.1) is 17.8 Å². The van der Waals surface area contributed by atoms with Crippen molar-refractivity contribution >= 4 is 10.1 Å². The smallest absolute Gasteiger partial charge is 0.744 e. The number of hydrogen-bond acceptors (Lipinski definition) is 4. The number of hydrogen-bond donors (Lipinski definition) is 0. The molecule has 0 aliphatic rings. The standard InChI is InChI=1S/C15H21FO4S.K/c16-12-6-4-2-1-3-5-7-13-20-14-8-10-15(11-9-14)21(17,18)19;/h7-11,13H,1-6,12H2,(H,17,18,19);/q;+1/p-1. The van der Waals surface area contributed by atoms with Gasteiger partial charge in [-0.1, -0.05) is 19.3 Å². The summed E-state index contributed by atoms with van der Waals surface area (Å²) in [5.41, 5.74) is 0. The van der Waals surface area contributed by atoms with Gasteiger partial charge in [0, 0.05) is 0 Å². The Morgan fingerprint density at radius 1 is 1.05 bits per heavy atom. The quantitative estimate of drug-likeness (QED) is 0.270. The van der Waals surface area contributed by atoms with E-state index >= 15 is 0 Å². The van der Waals surface area contributed by atoms with E-state index < -0.39 is 10.1 Å². The van der Waals surface area contributed by atoms with Crippen LogP contribution in [0, 0.1) is 0 Å². The summed E-state index contributed by atoms with van der Waals surface area (Å²) in [6.45, 7) is -0.236. The van der Waals surface area contributed by atoms with Gasteiger partial charge in [-0.05, 0) is 49.6 Å². The molecular weight excluding hydrogens is 334 g/mol. The summed E-state index contributed by atoms with van der Waals surface area (Å²) in [6.07, 6.45) is 9.03. The minimum absolute atomic E-state index is 0. The molecule has 0 heterocycles. The van der Waals surface area contributed by atoms with Gasteiger partial charge >= 0.3 is 51.4 Å². The summed E-state index contributed by atoms with van der Waals surface area (Å²) in [5, 5.41) is 0. The van der Waals surface area contributed by atoms with Crippen LogP contribution >= 0.6 is 0 Å². The average Bonchev–Trinajstić information content (AvgIpc) is 2.45. The normalized spacial score (nSPS) is 11.4. The SMILES string of the molecule is O=S(=O)([O-])c1ccc(OC=CCCCCCCCF)cc1.[K+]. The predicted octanol–water partition coefficient (Wildman–Crippen LogP) is 0.797. The molecule has 0 aliphatic carbocycles. The molecule has 1 rings (SSSR count). The third kappa shape index (κ3) is 10.1. The summed E-state index contributed by atoms with van der Waals surface area (Å²) in [5.74, 6) is 0.474. The first-order chi connectivity index (χ1) is 10.0. The van der Waals surface area contributed by atoms with Crippen molar-refractivity contribution in [3.05, 3.63) is 36.6 Å². The molecule has 0 saturated carbocycles. The van der Waals surface area contributed by atoms with Crippen LogP contribution in [0.25, 0.3) is 0 Å². The zero-order valence-electron chi connectivity index (χ0n) is 12.8. The maximum atomic E-state index is 11.8. The minimum atomic E-state index is -4.41. The van der Waals surface area contributed by atoms with E-state index in [1.165, 1.54) is 24.3 Å². The van der Waals surface area contributed by atoms with Crippen LogP contribution in [0.4, 0.5) is 4.39 Å². The molecule has 22 heavy (non-hydrogen) atoms. The van der Waals surface area contributed by atoms with E-state index in [2.05, 4.69) is 0 Å². The van der Waals surface area contributed by atoms with Crippen molar-refractivity contribution in [1.82, 2.24) is 0 Å². The second-order valence-corrected chi connectivity index (χ2v) is 6.04. The summed E-state index contributed by atoms with van der Waals surface area (Å²) in [4.78, 5) is -0.271. The zero-order valence-corrected chi connectivity index (χ0v) is 16.8. The van der Waals surface area contributed by atoms with Crippen LogP contribution in [0.1, 0.15) is 38.5 Å². The number of rotatable bonds is 10. The Bertz CT molecular complexity index is 529. The molecule has 1 aromatic carbocycles. The van der Waals surface area contributed by atoms with Crippen LogP contribution in [0.5, 0.6) is 5.75 Å². The van der Waals surface area contributed by atoms with Gasteiger partial charge in [0.15, 0.2) is 0 Å². The van der Waals surface area contributed by atoms with E-state index in [1.807, 2.05) is 6.08 Å². The Kier molecular flexibility index (Phi) is 12.8. The molecule has 0 spiro atoms. The Morgan fingerprint density at radius 3 is 2.23 bits per heavy atom. The third-order valence-corrected chi connectivity index (χ3v) is 3.77. The summed E-state index contributed by atoms with van der Waals surface area (Å²) < 4.78 is 49.4. The summed E-state index contributed by atoms with van der Waals surface area (Å²) in [7, 11) is -4.41. The van der Waals surface area contributed by atoms with Crippen LogP contribution < -0.4 is 56.1 Å². The monoisotopic (exact) mass is 354 g/mol. The molecule has 7 heteroatoms. The molecule has 0 saturated heterocycles. The van der Waals surface area contributed by atoms with Gasteiger partial charge in [-0.2, -0.15) is 0 Å². The Morgan fingerprint density at radius 2 is 1.64 bits per heavy atom. The topological polar surface area (TPSA) is 66.4 Å². The maximum absolute atomic E-state index is 11.8. The largest absolute Gasteiger partial charge is 1.00 e. The first-order valence-corrected chi connectivity index (χ1v) is 8.38. The van der Waals surface area contributed by atoms with E-state index in [-0.39, 0.29) is 63.0 Å². The van der Waals surface area contributed by atoms with Gasteiger partial charge in [0.2, 0.25) is 0 Å². The van der Waals surface area contributed by atoms with Crippen molar-refractivity contribution in [2.75, 3.05) is 6.67 Å². The van der Waals surface area contributed by atoms with E-state index in [1.54, 1.807) is 6.26 Å². The first kappa shape index (κ1) is 22.2. The average molecular weight is 354 g/mol. The number of ether oxygens (including phenoxy) is 1. The van der Waals surface area contributed by atoms with E-state index in [9.17, 15) is 17.4 Å². The van der Waals surface area contributed by atoms with Crippen molar-refractivity contribution in [3.63, 3.8) is 0 Å². The first-order valence-electron chi connectivity index (χ1n) is 6.97. The number of unbranched alkanes of at least 4 members (excludes halogenated alkanes) is 5. The molecule has 0 atom stereocenters. The summed E-state index contributed by atoms with van der Waals surface area (Å²) >= 11 is 0. The maximum Gasteiger partial charge on any atom is 1.00 e. The van der Waals surface area contributed by atoms with Crippen LogP contribution in [0.3, 0.4) is 0 Å². The van der Waals surface area contributed by atoms with Crippen molar-refractivity contribution in [3.8, 4) is 5.75 Å². The fraction of sp³-hybridized carbons (Fsp3) is 0.467. The van der Waals surface area contributed by atoms with E-state index in [4.69, 9.17) is 4.74 Å². The third-order valence-electron chi connectivity index (χ3n) is 2.92. The van der Waals surface area contributed by atoms with Gasteiger partial charge in [-0.15, -0.1) is 0 Å². The minimum Gasteiger partial charge on any atom is -0.744 e. The summed E-state index contributed by atoms with van der Waals surface area (Å²) in [6, 6.07) is 5.31. The molecule has 118 valence electrons. The fourth-order valence-corrected chi connectivity index (χ4v) is 2.24. The molecule has 0 radical (unpaired) electrons. The molecule has 0 bridgehead atoms. The number of halogens is 1. The second kappa shape index (κ2) is 12.6. The Hall–Kier alpha value is 0.236. The Balaban J connectivity index is 0.00000441. The van der Waals surface area contributed by atoms with Gasteiger partial charge in [-0.25, -0.2) is 8.42 Å². The molecule has 0 amide bonds. The molecule has 0 unspecified atom stereocenters. The Labute approximate surface area is 174 Å². The van der Waals surface area contributed by atoms with Crippen molar-refractivity contribution in [2.45, 2.75) is 43.4 Å². The van der Waals surface area contributed by atoms with Gasteiger partial charge in [0.25, 0.3) is 0 Å². The van der Waals surface area contributed by atoms with Gasteiger partial charge in [0.1, 0.15) is 15.9 Å². The van der Waals surface area contributed by atoms with Crippen molar-refractivity contribution in [2.24, 2.45) is 0 Å². The van der Waals surface area contributed by atoms with Crippen LogP contribution in [0.15, 0.2) is 41.5 Å². The molecule has 4 nitrogen and oxygen atoms in total. The van der Waals surface area contributed by atoms with Crippen LogP contribution in [0.2, 0.25) is 0 Å². The van der Waals surface area contributed by atoms with Gasteiger partial charge in [-0.3, -0.25) is 4.39 Å². The molecule has 0 aromatic heterocycles. The zero-order chi connectivity index (χ0) is 15.6. The molecule has 0 fully saturated rings. The van der Waals surface area contributed by atoms with Crippen molar-refractivity contribution in [1.29, 1.82) is 0 Å². The van der Waals surface area contributed by atoms with E-state index in [0.717, 1.165) is 32.1 Å². The van der Waals surface area contributed by atoms with Crippen molar-refractivity contribution < 1.29 is 73.5 Å². The molecular formula is C15H20FKO4S. The van der Waals surface area contributed by atoms with Crippen LogP contribution in [-0.4, -0.2) is 19.6 Å². The van der Waals surface area contributed by atoms with Crippen LogP contribution in [-0.2, 0) is 10.1 Å².